The summed E-state index contributed by atoms with van der Waals surface area (Å²) in [5.41, 5.74) is 5.93. The fourth-order valence-electron chi connectivity index (χ4n) is 2.20. The van der Waals surface area contributed by atoms with Crippen LogP contribution in [0.3, 0.4) is 0 Å². The maximum absolute atomic E-state index is 9.15. The van der Waals surface area contributed by atoms with Crippen LogP contribution in [0, 0.1) is 13.8 Å². The average Bonchev–Trinajstić information content (AvgIpc) is 2.29. The molecule has 0 aliphatic carbocycles. The Hall–Kier alpha value is -1.60. The summed E-state index contributed by atoms with van der Waals surface area (Å²) in [7, 11) is 0. The second-order valence-electron chi connectivity index (χ2n) is 4.13. The van der Waals surface area contributed by atoms with Gasteiger partial charge in [-0.2, -0.15) is 0 Å². The lowest BCUT2D eigenvalue weighted by Gasteiger charge is -2.12. The van der Waals surface area contributed by atoms with Crippen LogP contribution in [0.4, 0.5) is 0 Å². The molecule has 0 saturated heterocycles. The van der Waals surface area contributed by atoms with E-state index in [1.807, 2.05) is 18.2 Å². The van der Waals surface area contributed by atoms with Crippen LogP contribution >= 0.6 is 0 Å². The van der Waals surface area contributed by atoms with E-state index in [4.69, 9.17) is 5.11 Å². The minimum absolute atomic E-state index is 0.108. The zero-order valence-corrected chi connectivity index (χ0v) is 9.70. The van der Waals surface area contributed by atoms with Crippen LogP contribution in [0.15, 0.2) is 42.5 Å². The molecule has 82 valence electrons. The Morgan fingerprint density at radius 1 is 0.938 bits per heavy atom. The van der Waals surface area contributed by atoms with Crippen LogP contribution in [0.25, 0.3) is 11.1 Å². The summed E-state index contributed by atoms with van der Waals surface area (Å²) in [6.45, 7) is 4.29. The van der Waals surface area contributed by atoms with Gasteiger partial charge in [-0.1, -0.05) is 42.5 Å². The number of benzene rings is 2. The Bertz CT molecular complexity index is 463. The third kappa shape index (κ3) is 2.00. The number of hydrogen-bond acceptors (Lipinski definition) is 1. The molecule has 0 aromatic heterocycles. The van der Waals surface area contributed by atoms with Crippen molar-refractivity contribution < 1.29 is 5.11 Å². The maximum Gasteiger partial charge on any atom is 0.0682 e. The monoisotopic (exact) mass is 212 g/mol. The largest absolute Gasteiger partial charge is 0.392 e. The van der Waals surface area contributed by atoms with Crippen molar-refractivity contribution in [1.82, 2.24) is 0 Å². The number of hydrogen-bond donors (Lipinski definition) is 1. The summed E-state index contributed by atoms with van der Waals surface area (Å²) in [5.74, 6) is 0. The van der Waals surface area contributed by atoms with E-state index < -0.39 is 0 Å². The topological polar surface area (TPSA) is 20.2 Å². The smallest absolute Gasteiger partial charge is 0.0682 e. The van der Waals surface area contributed by atoms with E-state index in [2.05, 4.69) is 38.1 Å². The van der Waals surface area contributed by atoms with Crippen molar-refractivity contribution in [2.45, 2.75) is 20.5 Å². The van der Waals surface area contributed by atoms with Gasteiger partial charge >= 0.3 is 0 Å². The molecule has 0 atom stereocenters. The van der Waals surface area contributed by atoms with Gasteiger partial charge in [0.15, 0.2) is 0 Å². The molecule has 16 heavy (non-hydrogen) atoms. The Morgan fingerprint density at radius 2 is 1.50 bits per heavy atom. The van der Waals surface area contributed by atoms with E-state index in [-0.39, 0.29) is 6.61 Å². The van der Waals surface area contributed by atoms with Crippen molar-refractivity contribution in [2.75, 3.05) is 0 Å². The summed E-state index contributed by atoms with van der Waals surface area (Å²) in [6, 6.07) is 14.5. The van der Waals surface area contributed by atoms with Gasteiger partial charge in [-0.05, 0) is 41.7 Å². The van der Waals surface area contributed by atoms with E-state index >= 15 is 0 Å². The van der Waals surface area contributed by atoms with Gasteiger partial charge in [0.2, 0.25) is 0 Å². The number of aryl methyl sites for hydroxylation is 2. The Morgan fingerprint density at radius 3 is 2.00 bits per heavy atom. The molecule has 0 aliphatic rings. The molecule has 2 aromatic rings. The molecule has 2 rings (SSSR count). The number of aliphatic hydroxyl groups excluding tert-OH is 1. The normalized spacial score (nSPS) is 10.4. The molecule has 1 N–H and O–H groups in total. The van der Waals surface area contributed by atoms with Crippen molar-refractivity contribution >= 4 is 0 Å². The van der Waals surface area contributed by atoms with Crippen molar-refractivity contribution in [3.05, 3.63) is 59.2 Å². The maximum atomic E-state index is 9.15. The first-order chi connectivity index (χ1) is 7.72. The zero-order valence-electron chi connectivity index (χ0n) is 9.70. The molecule has 0 bridgehead atoms. The molecule has 0 radical (unpaired) electrons. The fraction of sp³-hybridized carbons (Fsp3) is 0.200. The molecular weight excluding hydrogens is 196 g/mol. The van der Waals surface area contributed by atoms with E-state index in [9.17, 15) is 0 Å². The minimum atomic E-state index is 0.108. The Balaban J connectivity index is 2.58. The summed E-state index contributed by atoms with van der Waals surface area (Å²) in [4.78, 5) is 0. The highest BCUT2D eigenvalue weighted by molar-refractivity contribution is 5.71. The highest BCUT2D eigenvalue weighted by Crippen LogP contribution is 2.28. The van der Waals surface area contributed by atoms with Crippen molar-refractivity contribution in [3.8, 4) is 11.1 Å². The Labute approximate surface area is 96.4 Å². The lowest BCUT2D eigenvalue weighted by Crippen LogP contribution is -1.92. The average molecular weight is 212 g/mol. The summed E-state index contributed by atoms with van der Waals surface area (Å²) in [6.07, 6.45) is 0. The van der Waals surface area contributed by atoms with Crippen LogP contribution in [-0.4, -0.2) is 5.11 Å². The van der Waals surface area contributed by atoms with Crippen LogP contribution < -0.4 is 0 Å². The van der Waals surface area contributed by atoms with Gasteiger partial charge < -0.3 is 5.11 Å². The van der Waals surface area contributed by atoms with Crippen LogP contribution in [-0.2, 0) is 6.61 Å². The predicted octanol–water partition coefficient (Wildman–Crippen LogP) is 3.46. The van der Waals surface area contributed by atoms with Gasteiger partial charge in [0.1, 0.15) is 0 Å². The summed E-state index contributed by atoms with van der Waals surface area (Å²) >= 11 is 0. The highest BCUT2D eigenvalue weighted by Gasteiger charge is 2.06. The molecule has 0 heterocycles. The summed E-state index contributed by atoms with van der Waals surface area (Å²) < 4.78 is 0. The molecule has 0 unspecified atom stereocenters. The van der Waals surface area contributed by atoms with Crippen LogP contribution in [0.2, 0.25) is 0 Å². The van der Waals surface area contributed by atoms with E-state index in [0.29, 0.717) is 0 Å². The van der Waals surface area contributed by atoms with Crippen molar-refractivity contribution in [3.63, 3.8) is 0 Å². The number of aliphatic hydroxyl groups is 1. The lowest BCUT2D eigenvalue weighted by atomic mass is 9.94. The first kappa shape index (κ1) is 10.9. The van der Waals surface area contributed by atoms with E-state index in [0.717, 1.165) is 5.56 Å². The van der Waals surface area contributed by atoms with Gasteiger partial charge in [0.25, 0.3) is 0 Å². The fourth-order valence-corrected chi connectivity index (χ4v) is 2.20. The molecule has 1 heteroatoms. The molecule has 1 nitrogen and oxygen atoms in total. The third-order valence-electron chi connectivity index (χ3n) is 2.84. The quantitative estimate of drug-likeness (QED) is 0.808. The highest BCUT2D eigenvalue weighted by atomic mass is 16.3. The third-order valence-corrected chi connectivity index (χ3v) is 2.84. The van der Waals surface area contributed by atoms with Gasteiger partial charge in [-0.3, -0.25) is 0 Å². The molecule has 2 aromatic carbocycles. The van der Waals surface area contributed by atoms with Crippen molar-refractivity contribution in [1.29, 1.82) is 0 Å². The van der Waals surface area contributed by atoms with Crippen LogP contribution in [0.5, 0.6) is 0 Å². The lowest BCUT2D eigenvalue weighted by molar-refractivity contribution is 0.281. The summed E-state index contributed by atoms with van der Waals surface area (Å²) in [5, 5.41) is 9.15. The van der Waals surface area contributed by atoms with Crippen molar-refractivity contribution in [2.24, 2.45) is 0 Å². The molecule has 0 saturated carbocycles. The molecule has 0 aliphatic heterocycles. The molecular formula is C15H16O. The molecule has 0 amide bonds. The second-order valence-corrected chi connectivity index (χ2v) is 4.13. The molecule has 0 spiro atoms. The number of rotatable bonds is 2. The zero-order chi connectivity index (χ0) is 11.5. The first-order valence-corrected chi connectivity index (χ1v) is 5.49. The Kier molecular flexibility index (Phi) is 3.07. The standard InChI is InChI=1S/C15H16O/c1-11-8-13(10-16)9-12(2)15(11)14-6-4-3-5-7-14/h3-9,16H,10H2,1-2H3. The van der Waals surface area contributed by atoms with Gasteiger partial charge in [-0.15, -0.1) is 0 Å². The predicted molar refractivity (Wildman–Crippen MR) is 67.3 cm³/mol. The SMILES string of the molecule is Cc1cc(CO)cc(C)c1-c1ccccc1. The minimum Gasteiger partial charge on any atom is -0.392 e. The van der Waals surface area contributed by atoms with Gasteiger partial charge in [-0.25, -0.2) is 0 Å². The van der Waals surface area contributed by atoms with E-state index in [1.54, 1.807) is 0 Å². The van der Waals surface area contributed by atoms with Crippen LogP contribution in [0.1, 0.15) is 16.7 Å². The second kappa shape index (κ2) is 4.50. The molecule has 0 fully saturated rings. The van der Waals surface area contributed by atoms with E-state index in [1.165, 1.54) is 22.3 Å². The van der Waals surface area contributed by atoms with Gasteiger partial charge in [0.05, 0.1) is 6.61 Å². The first-order valence-electron chi connectivity index (χ1n) is 5.49. The van der Waals surface area contributed by atoms with Gasteiger partial charge in [0, 0.05) is 0 Å².